The molecule has 3 atom stereocenters. The van der Waals surface area contributed by atoms with Crippen molar-refractivity contribution < 1.29 is 9.59 Å². The molecule has 3 N–H and O–H groups in total. The van der Waals surface area contributed by atoms with Gasteiger partial charge in [-0.1, -0.05) is 6.42 Å². The van der Waals surface area contributed by atoms with Crippen LogP contribution in [0, 0.1) is 5.92 Å². The maximum Gasteiger partial charge on any atom is 0.245 e. The van der Waals surface area contributed by atoms with E-state index in [0.29, 0.717) is 0 Å². The highest BCUT2D eigenvalue weighted by Crippen LogP contribution is 2.24. The Labute approximate surface area is 127 Å². The van der Waals surface area contributed by atoms with E-state index >= 15 is 0 Å². The quantitative estimate of drug-likeness (QED) is 0.818. The molecule has 1 saturated carbocycles. The van der Waals surface area contributed by atoms with E-state index in [1.54, 1.807) is 0 Å². The Balaban J connectivity index is 0.00000200. The molecular formula is C14H26ClN3O2. The van der Waals surface area contributed by atoms with Gasteiger partial charge in [0.25, 0.3) is 0 Å². The van der Waals surface area contributed by atoms with E-state index in [-0.39, 0.29) is 48.3 Å². The first-order chi connectivity index (χ1) is 8.99. The number of likely N-dealkylation sites (tertiary alicyclic amines) is 1. The molecule has 6 heteroatoms. The fraction of sp³-hybridized carbons (Fsp3) is 0.857. The van der Waals surface area contributed by atoms with Crippen molar-refractivity contribution in [3.63, 3.8) is 0 Å². The van der Waals surface area contributed by atoms with Gasteiger partial charge in [-0.2, -0.15) is 0 Å². The lowest BCUT2D eigenvalue weighted by molar-refractivity contribution is -0.135. The summed E-state index contributed by atoms with van der Waals surface area (Å²) in [6.07, 6.45) is 4.39. The monoisotopic (exact) mass is 303 g/mol. The molecule has 5 nitrogen and oxygen atoms in total. The second-order valence-corrected chi connectivity index (χ2v) is 6.10. The van der Waals surface area contributed by atoms with Gasteiger partial charge in [0.15, 0.2) is 0 Å². The molecule has 0 radical (unpaired) electrons. The van der Waals surface area contributed by atoms with Gasteiger partial charge in [-0.25, -0.2) is 0 Å². The van der Waals surface area contributed by atoms with Gasteiger partial charge in [0.2, 0.25) is 11.8 Å². The first-order valence-corrected chi connectivity index (χ1v) is 7.35. The Morgan fingerprint density at radius 3 is 2.60 bits per heavy atom. The molecule has 3 unspecified atom stereocenters. The van der Waals surface area contributed by atoms with Crippen LogP contribution >= 0.6 is 12.4 Å². The molecule has 1 aliphatic carbocycles. The Morgan fingerprint density at radius 1 is 1.35 bits per heavy atom. The number of amides is 2. The van der Waals surface area contributed by atoms with Gasteiger partial charge in [0.05, 0.1) is 0 Å². The van der Waals surface area contributed by atoms with E-state index in [9.17, 15) is 9.59 Å². The van der Waals surface area contributed by atoms with E-state index in [0.717, 1.165) is 38.6 Å². The zero-order valence-electron chi connectivity index (χ0n) is 12.3. The zero-order chi connectivity index (χ0) is 14.0. The molecule has 2 amide bonds. The standard InChI is InChI=1S/C14H25N3O2.ClH/c1-9(2)17-7-6-12(14(17)19)16-13(18)10-4-3-5-11(15)8-10;/h9-12H,3-8,15H2,1-2H3,(H,16,18);1H. The number of hydrogen-bond acceptors (Lipinski definition) is 3. The van der Waals surface area contributed by atoms with Crippen LogP contribution in [0.3, 0.4) is 0 Å². The minimum Gasteiger partial charge on any atom is -0.344 e. The second-order valence-electron chi connectivity index (χ2n) is 6.10. The van der Waals surface area contributed by atoms with Crippen LogP contribution in [0.5, 0.6) is 0 Å². The molecular weight excluding hydrogens is 278 g/mol. The average Bonchev–Trinajstić information content (AvgIpc) is 2.71. The Bertz CT molecular complexity index is 362. The van der Waals surface area contributed by atoms with Crippen LogP contribution < -0.4 is 11.1 Å². The molecule has 116 valence electrons. The number of halogens is 1. The largest absolute Gasteiger partial charge is 0.344 e. The van der Waals surface area contributed by atoms with Crippen molar-refractivity contribution in [2.75, 3.05) is 6.54 Å². The van der Waals surface area contributed by atoms with Gasteiger partial charge in [-0.3, -0.25) is 9.59 Å². The van der Waals surface area contributed by atoms with Crippen LogP contribution in [0.15, 0.2) is 0 Å². The van der Waals surface area contributed by atoms with E-state index < -0.39 is 0 Å². The Hall–Kier alpha value is -0.810. The number of rotatable bonds is 3. The van der Waals surface area contributed by atoms with E-state index in [1.807, 2.05) is 18.7 Å². The van der Waals surface area contributed by atoms with Crippen molar-refractivity contribution in [3.8, 4) is 0 Å². The number of nitrogens with one attached hydrogen (secondary N) is 1. The fourth-order valence-electron chi connectivity index (χ4n) is 3.10. The summed E-state index contributed by atoms with van der Waals surface area (Å²) in [5.41, 5.74) is 5.90. The first kappa shape index (κ1) is 17.2. The third-order valence-electron chi connectivity index (χ3n) is 4.27. The molecule has 0 aromatic rings. The summed E-state index contributed by atoms with van der Waals surface area (Å²) in [4.78, 5) is 26.1. The number of nitrogens with zero attached hydrogens (tertiary/aromatic N) is 1. The average molecular weight is 304 g/mol. The van der Waals surface area contributed by atoms with Crippen LogP contribution in [-0.2, 0) is 9.59 Å². The highest BCUT2D eigenvalue weighted by atomic mass is 35.5. The molecule has 2 fully saturated rings. The summed E-state index contributed by atoms with van der Waals surface area (Å²) in [5, 5.41) is 2.92. The highest BCUT2D eigenvalue weighted by molar-refractivity contribution is 5.90. The van der Waals surface area contributed by atoms with Gasteiger partial charge < -0.3 is 16.0 Å². The summed E-state index contributed by atoms with van der Waals surface area (Å²) >= 11 is 0. The van der Waals surface area contributed by atoms with Crippen molar-refractivity contribution in [2.24, 2.45) is 11.7 Å². The van der Waals surface area contributed by atoms with Crippen LogP contribution in [0.1, 0.15) is 46.0 Å². The van der Waals surface area contributed by atoms with Gasteiger partial charge >= 0.3 is 0 Å². The van der Waals surface area contributed by atoms with Gasteiger partial charge in [0.1, 0.15) is 6.04 Å². The Kier molecular flexibility index (Phi) is 6.27. The van der Waals surface area contributed by atoms with Crippen LogP contribution in [0.25, 0.3) is 0 Å². The van der Waals surface area contributed by atoms with Crippen LogP contribution in [0.4, 0.5) is 0 Å². The maximum atomic E-state index is 12.2. The summed E-state index contributed by atoms with van der Waals surface area (Å²) < 4.78 is 0. The topological polar surface area (TPSA) is 75.4 Å². The number of nitrogens with two attached hydrogens (primary N) is 1. The second kappa shape index (κ2) is 7.27. The Morgan fingerprint density at radius 2 is 2.05 bits per heavy atom. The van der Waals surface area contributed by atoms with Crippen molar-refractivity contribution in [1.29, 1.82) is 0 Å². The summed E-state index contributed by atoms with van der Waals surface area (Å²) in [6, 6.07) is 0.0153. The van der Waals surface area contributed by atoms with Gasteiger partial charge in [-0.15, -0.1) is 12.4 Å². The molecule has 2 rings (SSSR count). The third-order valence-corrected chi connectivity index (χ3v) is 4.27. The lowest BCUT2D eigenvalue weighted by Crippen LogP contribution is -2.46. The van der Waals surface area contributed by atoms with Crippen molar-refractivity contribution in [3.05, 3.63) is 0 Å². The van der Waals surface area contributed by atoms with Crippen molar-refractivity contribution >= 4 is 24.2 Å². The minimum atomic E-state index is -0.326. The molecule has 1 saturated heterocycles. The van der Waals surface area contributed by atoms with E-state index in [1.165, 1.54) is 0 Å². The number of carbonyl (C=O) groups excluding carboxylic acids is 2. The maximum absolute atomic E-state index is 12.2. The molecule has 0 bridgehead atoms. The molecule has 0 spiro atoms. The predicted octanol–water partition coefficient (Wildman–Crippen LogP) is 1.05. The van der Waals surface area contributed by atoms with E-state index in [2.05, 4.69) is 5.32 Å². The third kappa shape index (κ3) is 3.85. The molecule has 0 aromatic carbocycles. The molecule has 0 aromatic heterocycles. The number of carbonyl (C=O) groups is 2. The summed E-state index contributed by atoms with van der Waals surface area (Å²) in [6.45, 7) is 4.75. The zero-order valence-corrected chi connectivity index (χ0v) is 13.1. The SMILES string of the molecule is CC(C)N1CCC(NC(=O)C2CCCC(N)C2)C1=O.Cl. The molecule has 1 heterocycles. The molecule has 20 heavy (non-hydrogen) atoms. The van der Waals surface area contributed by atoms with Crippen LogP contribution in [0.2, 0.25) is 0 Å². The van der Waals surface area contributed by atoms with Gasteiger partial charge in [0, 0.05) is 24.5 Å². The highest BCUT2D eigenvalue weighted by Gasteiger charge is 2.35. The lowest BCUT2D eigenvalue weighted by Gasteiger charge is -2.27. The number of hydrogen-bond donors (Lipinski definition) is 2. The van der Waals surface area contributed by atoms with Gasteiger partial charge in [-0.05, 0) is 39.5 Å². The summed E-state index contributed by atoms with van der Waals surface area (Å²) in [7, 11) is 0. The van der Waals surface area contributed by atoms with Crippen molar-refractivity contribution in [1.82, 2.24) is 10.2 Å². The summed E-state index contributed by atoms with van der Waals surface area (Å²) in [5.74, 6) is 0.0622. The fourth-order valence-corrected chi connectivity index (χ4v) is 3.10. The minimum absolute atomic E-state index is 0. The predicted molar refractivity (Wildman–Crippen MR) is 80.6 cm³/mol. The smallest absolute Gasteiger partial charge is 0.245 e. The first-order valence-electron chi connectivity index (χ1n) is 7.35. The van der Waals surface area contributed by atoms with E-state index in [4.69, 9.17) is 5.73 Å². The molecule has 1 aliphatic heterocycles. The lowest BCUT2D eigenvalue weighted by atomic mass is 9.85. The normalized spacial score (nSPS) is 30.3. The van der Waals surface area contributed by atoms with Crippen LogP contribution in [-0.4, -0.2) is 41.4 Å². The molecule has 2 aliphatic rings. The van der Waals surface area contributed by atoms with Crippen molar-refractivity contribution in [2.45, 2.75) is 64.1 Å².